The lowest BCUT2D eigenvalue weighted by Gasteiger charge is -2.50. The van der Waals surface area contributed by atoms with E-state index in [0.717, 1.165) is 74.7 Å². The van der Waals surface area contributed by atoms with Crippen LogP contribution in [0.25, 0.3) is 11.2 Å². The van der Waals surface area contributed by atoms with Crippen molar-refractivity contribution in [1.29, 1.82) is 0 Å². The van der Waals surface area contributed by atoms with E-state index in [1.54, 1.807) is 25.2 Å². The van der Waals surface area contributed by atoms with Gasteiger partial charge in [-0.15, -0.1) is 5.10 Å². The van der Waals surface area contributed by atoms with Gasteiger partial charge in [0.25, 0.3) is 0 Å². The minimum Gasteiger partial charge on any atom is -0.493 e. The molecule has 0 radical (unpaired) electrons. The Morgan fingerprint density at radius 2 is 1.68 bits per heavy atom. The molecule has 3 aliphatic rings. The Balaban J connectivity index is 1.13. The van der Waals surface area contributed by atoms with Crippen LogP contribution < -0.4 is 14.4 Å². The molecule has 11 nitrogen and oxygen atoms in total. The molecule has 3 aromatic rings. The first-order valence-corrected chi connectivity index (χ1v) is 13.5. The van der Waals surface area contributed by atoms with Crippen molar-refractivity contribution in [2.24, 2.45) is 13.0 Å². The number of benzene rings is 1. The molecule has 1 aliphatic carbocycles. The number of anilines is 1. The number of likely N-dealkylation sites (N-methyl/N-ethyl adjacent to an activating group) is 1. The van der Waals surface area contributed by atoms with E-state index in [1.165, 1.54) is 11.1 Å². The maximum atomic E-state index is 13.6. The van der Waals surface area contributed by atoms with Crippen molar-refractivity contribution in [3.63, 3.8) is 0 Å². The Morgan fingerprint density at radius 1 is 0.974 bits per heavy atom. The summed E-state index contributed by atoms with van der Waals surface area (Å²) in [6.45, 7) is 3.83. The topological polar surface area (TPSA) is 102 Å². The van der Waals surface area contributed by atoms with Gasteiger partial charge in [-0.2, -0.15) is 0 Å². The Morgan fingerprint density at radius 3 is 2.39 bits per heavy atom. The maximum Gasteiger partial charge on any atom is 0.225 e. The van der Waals surface area contributed by atoms with Gasteiger partial charge in [0, 0.05) is 51.2 Å². The summed E-state index contributed by atoms with van der Waals surface area (Å²) in [6.07, 6.45) is 6.27. The molecule has 6 rings (SSSR count). The monoisotopic (exact) mass is 520 g/mol. The number of hydrogen-bond donors (Lipinski definition) is 0. The zero-order valence-electron chi connectivity index (χ0n) is 22.7. The van der Waals surface area contributed by atoms with Crippen LogP contribution in [0.1, 0.15) is 36.8 Å². The number of hydrogen-bond acceptors (Lipinski definition) is 9. The molecule has 1 saturated heterocycles. The van der Waals surface area contributed by atoms with Crippen LogP contribution in [-0.4, -0.2) is 94.7 Å². The van der Waals surface area contributed by atoms with Crippen molar-refractivity contribution >= 4 is 22.9 Å². The van der Waals surface area contributed by atoms with E-state index in [1.807, 2.05) is 11.9 Å². The highest BCUT2D eigenvalue weighted by Crippen LogP contribution is 2.49. The molecule has 2 aromatic heterocycles. The van der Waals surface area contributed by atoms with Gasteiger partial charge in [-0.3, -0.25) is 9.69 Å². The van der Waals surface area contributed by atoms with E-state index in [9.17, 15) is 4.79 Å². The number of amides is 1. The predicted molar refractivity (Wildman–Crippen MR) is 142 cm³/mol. The highest BCUT2D eigenvalue weighted by Gasteiger charge is 2.46. The van der Waals surface area contributed by atoms with Gasteiger partial charge in [0.05, 0.1) is 14.2 Å². The van der Waals surface area contributed by atoms with Crippen molar-refractivity contribution < 1.29 is 14.3 Å². The summed E-state index contributed by atoms with van der Waals surface area (Å²) in [4.78, 5) is 29.1. The molecule has 11 heteroatoms. The number of fused-ring (bicyclic) bond motifs is 3. The fraction of sp³-hybridized carbons (Fsp3) is 0.593. The van der Waals surface area contributed by atoms with E-state index in [4.69, 9.17) is 9.47 Å². The molecule has 1 amide bonds. The molecule has 1 spiro atoms. The van der Waals surface area contributed by atoms with Crippen LogP contribution in [0.15, 0.2) is 18.5 Å². The van der Waals surface area contributed by atoms with E-state index >= 15 is 0 Å². The fourth-order valence-electron chi connectivity index (χ4n) is 6.73. The first kappa shape index (κ1) is 24.8. The van der Waals surface area contributed by atoms with Crippen molar-refractivity contribution in [2.45, 2.75) is 37.6 Å². The summed E-state index contributed by atoms with van der Waals surface area (Å²) in [5.41, 5.74) is 4.04. The molecule has 1 saturated carbocycles. The van der Waals surface area contributed by atoms with E-state index in [-0.39, 0.29) is 17.4 Å². The van der Waals surface area contributed by atoms with Gasteiger partial charge in [0.2, 0.25) is 5.91 Å². The van der Waals surface area contributed by atoms with Crippen molar-refractivity contribution in [3.05, 3.63) is 29.6 Å². The van der Waals surface area contributed by atoms with Gasteiger partial charge < -0.3 is 19.3 Å². The van der Waals surface area contributed by atoms with Gasteiger partial charge in [0.15, 0.2) is 28.5 Å². The molecule has 2 fully saturated rings. The van der Waals surface area contributed by atoms with Gasteiger partial charge in [-0.25, -0.2) is 14.6 Å². The molecule has 0 atom stereocenters. The largest absolute Gasteiger partial charge is 0.493 e. The zero-order valence-corrected chi connectivity index (χ0v) is 22.7. The summed E-state index contributed by atoms with van der Waals surface area (Å²) >= 11 is 0. The number of carbonyl (C=O) groups is 1. The van der Waals surface area contributed by atoms with E-state index in [0.29, 0.717) is 18.6 Å². The number of ether oxygens (including phenoxy) is 2. The fourth-order valence-corrected chi connectivity index (χ4v) is 6.73. The molecule has 0 bridgehead atoms. The highest BCUT2D eigenvalue weighted by atomic mass is 16.5. The van der Waals surface area contributed by atoms with E-state index < -0.39 is 0 Å². The quantitative estimate of drug-likeness (QED) is 0.511. The molecule has 2 aliphatic heterocycles. The zero-order chi connectivity index (χ0) is 26.4. The molecule has 4 heterocycles. The SMILES string of the molecule is COc1cc2c(cc1OC)C1(CCC(C(=O)N3CCN(c4ncnc5c4nnn5C)CC3)CC1)N(C)CC2. The Kier molecular flexibility index (Phi) is 6.33. The highest BCUT2D eigenvalue weighted by molar-refractivity contribution is 5.83. The average Bonchev–Trinajstić information content (AvgIpc) is 3.35. The minimum atomic E-state index is -0.0578. The third-order valence-electron chi connectivity index (χ3n) is 8.98. The van der Waals surface area contributed by atoms with Crippen LogP contribution in [0.3, 0.4) is 0 Å². The van der Waals surface area contributed by atoms with Crippen molar-refractivity contribution in [3.8, 4) is 11.5 Å². The Bertz CT molecular complexity index is 1340. The second kappa shape index (κ2) is 9.68. The molecular weight excluding hydrogens is 484 g/mol. The molecule has 1 aromatic carbocycles. The summed E-state index contributed by atoms with van der Waals surface area (Å²) < 4.78 is 12.9. The van der Waals surface area contributed by atoms with Gasteiger partial charge in [0.1, 0.15) is 6.33 Å². The standard InChI is InChI=1S/C27H36N8O3/c1-32-10-7-19-15-21(37-3)22(38-4)16-20(19)27(32)8-5-18(6-9-27)26(36)35-13-11-34(12-14-35)25-23-24(28-17-29-25)33(2)31-30-23/h15-18H,5-14H2,1-4H3. The number of aryl methyl sites for hydroxylation is 1. The predicted octanol–water partition coefficient (Wildman–Crippen LogP) is 2.00. The van der Waals surface area contributed by atoms with Gasteiger partial charge in [-0.1, -0.05) is 5.21 Å². The minimum absolute atomic E-state index is 0.0578. The number of rotatable bonds is 4. The third-order valence-corrected chi connectivity index (χ3v) is 8.98. The number of methoxy groups -OCH3 is 2. The molecule has 202 valence electrons. The third kappa shape index (κ3) is 3.95. The first-order valence-electron chi connectivity index (χ1n) is 13.5. The van der Waals surface area contributed by atoms with Crippen LogP contribution in [0.5, 0.6) is 11.5 Å². The average molecular weight is 521 g/mol. The lowest BCUT2D eigenvalue weighted by molar-refractivity contribution is -0.138. The maximum absolute atomic E-state index is 13.6. The smallest absolute Gasteiger partial charge is 0.225 e. The van der Waals surface area contributed by atoms with Crippen LogP contribution in [0, 0.1) is 5.92 Å². The molecule has 0 unspecified atom stereocenters. The van der Waals surface area contributed by atoms with Crippen LogP contribution in [0.2, 0.25) is 0 Å². The summed E-state index contributed by atoms with van der Waals surface area (Å²) in [6, 6.07) is 4.32. The normalized spacial score (nSPS) is 24.1. The second-order valence-corrected chi connectivity index (χ2v) is 10.7. The summed E-state index contributed by atoms with van der Waals surface area (Å²) in [5.74, 6) is 2.71. The van der Waals surface area contributed by atoms with Gasteiger partial charge in [-0.05, 0) is 62.4 Å². The number of carbonyl (C=O) groups excluding carboxylic acids is 1. The summed E-state index contributed by atoms with van der Waals surface area (Å²) in [5, 5.41) is 8.34. The van der Waals surface area contributed by atoms with E-state index in [2.05, 4.69) is 49.3 Å². The Labute approximate surface area is 222 Å². The van der Waals surface area contributed by atoms with Gasteiger partial charge >= 0.3 is 0 Å². The van der Waals surface area contributed by atoms with Crippen LogP contribution in [0.4, 0.5) is 5.82 Å². The number of aromatic nitrogens is 5. The molecule has 0 N–H and O–H groups in total. The van der Waals surface area contributed by atoms with Crippen molar-refractivity contribution in [1.82, 2.24) is 34.8 Å². The first-order chi connectivity index (χ1) is 18.4. The molecular formula is C27H36N8O3. The van der Waals surface area contributed by atoms with Crippen LogP contribution >= 0.6 is 0 Å². The van der Waals surface area contributed by atoms with Crippen molar-refractivity contribution in [2.75, 3.05) is 58.9 Å². The van der Waals surface area contributed by atoms with Crippen LogP contribution in [-0.2, 0) is 23.8 Å². The second-order valence-electron chi connectivity index (χ2n) is 10.7. The summed E-state index contributed by atoms with van der Waals surface area (Å²) in [7, 11) is 7.44. The number of piperazine rings is 1. The number of nitrogens with zero attached hydrogens (tertiary/aromatic N) is 8. The lowest BCUT2D eigenvalue weighted by atomic mass is 9.68. The molecule has 38 heavy (non-hydrogen) atoms. The Hall–Kier alpha value is -3.47. The lowest BCUT2D eigenvalue weighted by Crippen LogP contribution is -2.54.